The van der Waals surface area contributed by atoms with Crippen molar-refractivity contribution in [2.45, 2.75) is 47.8 Å². The Hall–Kier alpha value is -3.03. The van der Waals surface area contributed by atoms with Crippen molar-refractivity contribution in [1.29, 1.82) is 0 Å². The van der Waals surface area contributed by atoms with Gasteiger partial charge >= 0.3 is 5.97 Å². The summed E-state index contributed by atoms with van der Waals surface area (Å²) in [5, 5.41) is 45.0. The van der Waals surface area contributed by atoms with E-state index in [1.165, 1.54) is 12.1 Å². The summed E-state index contributed by atoms with van der Waals surface area (Å²) in [4.78, 5) is 23.6. The summed E-state index contributed by atoms with van der Waals surface area (Å²) in [5.74, 6) is -1.88. The van der Waals surface area contributed by atoms with Crippen LogP contribution < -0.4 is 10.9 Å². The number of imidazole rings is 1. The van der Waals surface area contributed by atoms with Crippen molar-refractivity contribution in [3.8, 4) is 0 Å². The minimum Gasteiger partial charge on any atom is -0.479 e. The van der Waals surface area contributed by atoms with Crippen molar-refractivity contribution in [2.24, 2.45) is 5.14 Å². The van der Waals surface area contributed by atoms with Crippen LogP contribution in [0.25, 0.3) is 11.2 Å². The van der Waals surface area contributed by atoms with Crippen LogP contribution >= 0.6 is 11.6 Å². The number of primary sulfonamides is 1. The molecular formula is C20H22ClFN6O9S. The molecule has 206 valence electrons. The van der Waals surface area contributed by atoms with Crippen molar-refractivity contribution in [3.05, 3.63) is 41.4 Å². The summed E-state index contributed by atoms with van der Waals surface area (Å²) in [6.45, 7) is -0.790. The Labute approximate surface area is 218 Å². The van der Waals surface area contributed by atoms with E-state index in [1.807, 2.05) is 0 Å². The minimum absolute atomic E-state index is 0.0116. The first-order chi connectivity index (χ1) is 17.7. The number of rotatable bonds is 9. The van der Waals surface area contributed by atoms with Crippen LogP contribution in [0.3, 0.4) is 0 Å². The summed E-state index contributed by atoms with van der Waals surface area (Å²) in [5.41, 5.74) is 3.30. The number of aliphatic carboxylic acids is 1. The molecule has 1 aliphatic heterocycles. The molecule has 4 rings (SSSR count). The van der Waals surface area contributed by atoms with Gasteiger partial charge in [0.15, 0.2) is 30.2 Å². The number of hydrogen-bond acceptors (Lipinski definition) is 12. The third-order valence-corrected chi connectivity index (χ3v) is 7.09. The quantitative estimate of drug-likeness (QED) is 0.128. The summed E-state index contributed by atoms with van der Waals surface area (Å²) < 4.78 is 50.0. The number of fused-ring (bicyclic) bond motifs is 1. The lowest BCUT2D eigenvalue weighted by atomic mass is 9.93. The van der Waals surface area contributed by atoms with Crippen LogP contribution in [0.15, 0.2) is 35.5 Å². The predicted molar refractivity (Wildman–Crippen MR) is 126 cm³/mol. The number of anilines is 1. The highest BCUT2D eigenvalue weighted by atomic mass is 35.5. The summed E-state index contributed by atoms with van der Waals surface area (Å²) in [6.07, 6.45) is -8.97. The normalized spacial score (nSPS) is 23.7. The second-order valence-corrected chi connectivity index (χ2v) is 10.3. The van der Waals surface area contributed by atoms with E-state index in [1.54, 1.807) is 0 Å². The van der Waals surface area contributed by atoms with Crippen molar-refractivity contribution in [1.82, 2.24) is 19.5 Å². The Morgan fingerprint density at radius 3 is 2.53 bits per heavy atom. The Balaban J connectivity index is 1.56. The fourth-order valence-corrected chi connectivity index (χ4v) is 4.64. The molecule has 2 aromatic heterocycles. The summed E-state index contributed by atoms with van der Waals surface area (Å²) >= 11 is 5.82. The molecule has 1 aliphatic rings. The van der Waals surface area contributed by atoms with Crippen LogP contribution in [0, 0.1) is 0 Å². The summed E-state index contributed by atoms with van der Waals surface area (Å²) in [7, 11) is -4.03. The van der Waals surface area contributed by atoms with Crippen LogP contribution in [0.2, 0.25) is 5.28 Å². The first kappa shape index (κ1) is 28.0. The van der Waals surface area contributed by atoms with E-state index in [2.05, 4.69) is 15.0 Å². The third kappa shape index (κ3) is 5.14. The van der Waals surface area contributed by atoms with Crippen molar-refractivity contribution in [2.75, 3.05) is 12.3 Å². The Kier molecular flexibility index (Phi) is 7.56. The number of ether oxygens (including phenoxy) is 2. The Morgan fingerprint density at radius 2 is 1.95 bits per heavy atom. The highest BCUT2D eigenvalue weighted by Gasteiger charge is 2.51. The number of sulfonamides is 1. The number of aliphatic hydroxyl groups is 3. The van der Waals surface area contributed by atoms with Gasteiger partial charge in [-0.15, -0.1) is 0 Å². The molecule has 1 fully saturated rings. The molecule has 1 saturated heterocycles. The van der Waals surface area contributed by atoms with E-state index < -0.39 is 65.5 Å². The molecule has 0 saturated carbocycles. The van der Waals surface area contributed by atoms with Gasteiger partial charge < -0.3 is 35.6 Å². The van der Waals surface area contributed by atoms with Crippen LogP contribution in [-0.4, -0.2) is 91.2 Å². The number of carbonyl (C=O) groups is 1. The number of carboxylic acids is 1. The maximum absolute atomic E-state index is 15.1. The molecule has 0 amide bonds. The SMILES string of the molecule is Nc1nc(Cl)nc2c1ncn2[C@@H]1O[C@H](COC(Cc2ccc(S(N)(=O)=O)cc2)(C(=O)O)C(O)O)[C@@H](O)[C@@H]1F. The van der Waals surface area contributed by atoms with Crippen LogP contribution in [-0.2, 0) is 30.7 Å². The third-order valence-electron chi connectivity index (χ3n) is 5.99. The minimum atomic E-state index is -4.03. The lowest BCUT2D eigenvalue weighted by molar-refractivity contribution is -0.231. The zero-order valence-corrected chi connectivity index (χ0v) is 20.7. The van der Waals surface area contributed by atoms with E-state index in [0.29, 0.717) is 0 Å². The lowest BCUT2D eigenvalue weighted by Gasteiger charge is -2.32. The van der Waals surface area contributed by atoms with E-state index >= 15 is 4.39 Å². The first-order valence-electron chi connectivity index (χ1n) is 10.7. The largest absolute Gasteiger partial charge is 0.479 e. The number of aromatic nitrogens is 4. The molecule has 0 aliphatic carbocycles. The zero-order valence-electron chi connectivity index (χ0n) is 19.1. The smallest absolute Gasteiger partial charge is 0.341 e. The molecular weight excluding hydrogens is 555 g/mol. The Morgan fingerprint density at radius 1 is 1.29 bits per heavy atom. The number of hydrogen-bond donors (Lipinski definition) is 6. The number of alkyl halides is 1. The van der Waals surface area contributed by atoms with Gasteiger partial charge in [-0.3, -0.25) is 4.57 Å². The number of nitrogens with zero attached hydrogens (tertiary/aromatic N) is 4. The maximum Gasteiger partial charge on any atom is 0.341 e. The van der Waals surface area contributed by atoms with Gasteiger partial charge in [-0.2, -0.15) is 9.97 Å². The average molecular weight is 577 g/mol. The van der Waals surface area contributed by atoms with Gasteiger partial charge in [0.05, 0.1) is 17.8 Å². The number of nitrogens with two attached hydrogens (primary N) is 2. The predicted octanol–water partition coefficient (Wildman–Crippen LogP) is -1.30. The molecule has 3 aromatic rings. The highest BCUT2D eigenvalue weighted by molar-refractivity contribution is 7.89. The fourth-order valence-electron chi connectivity index (χ4n) is 3.96. The fraction of sp³-hybridized carbons (Fsp3) is 0.400. The van der Waals surface area contributed by atoms with E-state index in [0.717, 1.165) is 23.0 Å². The van der Waals surface area contributed by atoms with Gasteiger partial charge in [-0.25, -0.2) is 27.7 Å². The van der Waals surface area contributed by atoms with Gasteiger partial charge in [0.2, 0.25) is 20.9 Å². The molecule has 5 atom stereocenters. The molecule has 18 heteroatoms. The average Bonchev–Trinajstić information content (AvgIpc) is 3.37. The molecule has 38 heavy (non-hydrogen) atoms. The first-order valence-corrected chi connectivity index (χ1v) is 12.7. The van der Waals surface area contributed by atoms with Crippen molar-refractivity contribution < 1.29 is 47.5 Å². The van der Waals surface area contributed by atoms with E-state index in [9.17, 15) is 33.6 Å². The molecule has 0 spiro atoms. The molecule has 0 radical (unpaired) electrons. The van der Waals surface area contributed by atoms with Crippen LogP contribution in [0.5, 0.6) is 0 Å². The number of halogens is 2. The zero-order chi connectivity index (χ0) is 28.0. The molecule has 1 aromatic carbocycles. The van der Waals surface area contributed by atoms with Gasteiger partial charge in [0, 0.05) is 6.42 Å². The van der Waals surface area contributed by atoms with Crippen LogP contribution in [0.4, 0.5) is 10.2 Å². The van der Waals surface area contributed by atoms with Crippen molar-refractivity contribution in [3.63, 3.8) is 0 Å². The van der Waals surface area contributed by atoms with Crippen LogP contribution in [0.1, 0.15) is 11.8 Å². The Bertz CT molecular complexity index is 1460. The molecule has 15 nitrogen and oxygen atoms in total. The van der Waals surface area contributed by atoms with E-state index in [-0.39, 0.29) is 32.7 Å². The van der Waals surface area contributed by atoms with Gasteiger partial charge in [0.25, 0.3) is 0 Å². The second-order valence-electron chi connectivity index (χ2n) is 8.45. The van der Waals surface area contributed by atoms with E-state index in [4.69, 9.17) is 31.9 Å². The van der Waals surface area contributed by atoms with Gasteiger partial charge in [-0.1, -0.05) is 12.1 Å². The monoisotopic (exact) mass is 576 g/mol. The number of aliphatic hydroxyl groups excluding tert-OH is 2. The van der Waals surface area contributed by atoms with Gasteiger partial charge in [0.1, 0.15) is 17.7 Å². The summed E-state index contributed by atoms with van der Waals surface area (Å²) in [6, 6.07) is 4.61. The topological polar surface area (TPSA) is 246 Å². The highest BCUT2D eigenvalue weighted by Crippen LogP contribution is 2.35. The number of carboxylic acid groups (broad SMARTS) is 1. The molecule has 3 heterocycles. The standard InChI is InChI=1S/C20H22ClFN6O9S/c21-19-26-14(23)12-15(27-19)28(7-25-12)16-11(22)13(29)10(37-16)6-36-20(17(30)31,18(32)33)5-8-1-3-9(4-2-8)38(24,34)35/h1-4,7,10-11,13,16-17,29-31H,5-6H2,(H,32,33)(H2,23,26,27)(H2,24,34,35)/t10-,11+,13-,16-,20?/m1/s1. The maximum atomic E-state index is 15.1. The molecule has 8 N–H and O–H groups in total. The van der Waals surface area contributed by atoms with Crippen molar-refractivity contribution >= 4 is 44.6 Å². The lowest BCUT2D eigenvalue weighted by Crippen LogP contribution is -2.55. The van der Waals surface area contributed by atoms with Gasteiger partial charge in [-0.05, 0) is 29.3 Å². The molecule has 0 bridgehead atoms. The molecule has 1 unspecified atom stereocenters. The number of nitrogen functional groups attached to an aromatic ring is 1. The number of benzene rings is 1. The second kappa shape index (κ2) is 10.3.